The number of nitriles is 2. The van der Waals surface area contributed by atoms with E-state index < -0.39 is 0 Å². The number of aryl methyl sites for hydroxylation is 1. The first-order valence-electron chi connectivity index (χ1n) is 13.3. The third-order valence-electron chi connectivity index (χ3n) is 6.72. The summed E-state index contributed by atoms with van der Waals surface area (Å²) >= 11 is 7.22. The summed E-state index contributed by atoms with van der Waals surface area (Å²) < 4.78 is 2.61. The summed E-state index contributed by atoms with van der Waals surface area (Å²) in [4.78, 5) is 7.46. The first kappa shape index (κ1) is 26.9. The number of rotatable bonds is 12. The van der Waals surface area contributed by atoms with Crippen LogP contribution in [0.4, 0.5) is 0 Å². The fraction of sp³-hybridized carbons (Fsp3) is 0.312. The smallest absolute Gasteiger partial charge is 0.100 e. The van der Waals surface area contributed by atoms with Crippen molar-refractivity contribution in [3.63, 3.8) is 0 Å². The van der Waals surface area contributed by atoms with Gasteiger partial charge in [0, 0.05) is 51.5 Å². The van der Waals surface area contributed by atoms with Crippen molar-refractivity contribution in [2.45, 2.75) is 64.7 Å². The monoisotopic (exact) mass is 570 g/mol. The summed E-state index contributed by atoms with van der Waals surface area (Å²) in [6, 6.07) is 23.9. The number of fused-ring (bicyclic) bond motifs is 1. The Labute approximate surface area is 241 Å². The fourth-order valence-corrected chi connectivity index (χ4v) is 9.71. The van der Waals surface area contributed by atoms with Crippen molar-refractivity contribution in [2.24, 2.45) is 0 Å². The molecule has 0 bridgehead atoms. The third-order valence-corrected chi connectivity index (χ3v) is 11.4. The van der Waals surface area contributed by atoms with Crippen LogP contribution < -0.4 is 0 Å². The Morgan fingerprint density at radius 1 is 0.632 bits per heavy atom. The molecular formula is C32H30N2S4. The zero-order valence-electron chi connectivity index (χ0n) is 21.6. The van der Waals surface area contributed by atoms with Gasteiger partial charge in [0.05, 0.1) is 11.1 Å². The Balaban J connectivity index is 1.24. The molecule has 1 aromatic carbocycles. The van der Waals surface area contributed by atoms with Gasteiger partial charge in [0.15, 0.2) is 0 Å². The second-order valence-electron chi connectivity index (χ2n) is 9.61. The quantitative estimate of drug-likeness (QED) is 0.140. The van der Waals surface area contributed by atoms with Gasteiger partial charge in [-0.05, 0) is 42.7 Å². The molecule has 5 aromatic rings. The highest BCUT2D eigenvalue weighted by Gasteiger charge is 2.15. The number of benzene rings is 1. The van der Waals surface area contributed by atoms with Crippen LogP contribution in [0.2, 0.25) is 0 Å². The molecule has 4 aromatic heterocycles. The molecule has 5 rings (SSSR count). The van der Waals surface area contributed by atoms with Gasteiger partial charge in [-0.15, -0.1) is 45.3 Å². The molecule has 38 heavy (non-hydrogen) atoms. The molecule has 6 heteroatoms. The Morgan fingerprint density at radius 2 is 1.24 bits per heavy atom. The predicted molar refractivity (Wildman–Crippen MR) is 166 cm³/mol. The van der Waals surface area contributed by atoms with Gasteiger partial charge < -0.3 is 0 Å². The minimum Gasteiger partial charge on any atom is -0.192 e. The molecule has 0 N–H and O–H groups in total. The molecule has 0 amide bonds. The van der Waals surface area contributed by atoms with Crippen molar-refractivity contribution in [3.8, 4) is 22.6 Å². The van der Waals surface area contributed by atoms with Crippen LogP contribution in [-0.4, -0.2) is 0 Å². The van der Waals surface area contributed by atoms with E-state index in [1.807, 2.05) is 58.3 Å². The van der Waals surface area contributed by atoms with Gasteiger partial charge in [0.2, 0.25) is 0 Å². The molecule has 0 spiro atoms. The van der Waals surface area contributed by atoms with Crippen LogP contribution in [0.1, 0.15) is 81.0 Å². The summed E-state index contributed by atoms with van der Waals surface area (Å²) in [6.45, 7) is 2.25. The zero-order chi connectivity index (χ0) is 26.3. The van der Waals surface area contributed by atoms with E-state index in [2.05, 4.69) is 49.4 Å². The summed E-state index contributed by atoms with van der Waals surface area (Å²) in [7, 11) is 0. The molecule has 0 aliphatic rings. The highest BCUT2D eigenvalue weighted by Crippen LogP contribution is 2.39. The maximum Gasteiger partial charge on any atom is 0.100 e. The average molecular weight is 571 g/mol. The minimum atomic E-state index is 0.782. The zero-order valence-corrected chi connectivity index (χ0v) is 24.9. The van der Waals surface area contributed by atoms with Gasteiger partial charge in [-0.3, -0.25) is 0 Å². The van der Waals surface area contributed by atoms with E-state index in [4.69, 9.17) is 0 Å². The summed E-state index contributed by atoms with van der Waals surface area (Å²) in [5.74, 6) is 0. The fourth-order valence-electron chi connectivity index (χ4n) is 4.74. The highest BCUT2D eigenvalue weighted by molar-refractivity contribution is 7.28. The maximum atomic E-state index is 9.71. The first-order chi connectivity index (χ1) is 18.7. The van der Waals surface area contributed by atoms with Crippen molar-refractivity contribution in [1.82, 2.24) is 0 Å². The van der Waals surface area contributed by atoms with E-state index in [-0.39, 0.29) is 0 Å². The van der Waals surface area contributed by atoms with Crippen molar-refractivity contribution in [1.29, 1.82) is 10.5 Å². The Hall–Kier alpha value is -2.74. The molecule has 4 heterocycles. The molecule has 0 saturated heterocycles. The van der Waals surface area contributed by atoms with Gasteiger partial charge >= 0.3 is 0 Å². The van der Waals surface area contributed by atoms with E-state index in [0.29, 0.717) is 0 Å². The Kier molecular flexibility index (Phi) is 9.10. The lowest BCUT2D eigenvalue weighted by molar-refractivity contribution is 0.609. The lowest BCUT2D eigenvalue weighted by Crippen LogP contribution is -1.83. The summed E-state index contributed by atoms with van der Waals surface area (Å²) in [6.07, 6.45) is 10.5. The topological polar surface area (TPSA) is 47.6 Å². The Bertz CT molecular complexity index is 1550. The summed E-state index contributed by atoms with van der Waals surface area (Å²) in [5, 5.41) is 19.4. The van der Waals surface area contributed by atoms with Crippen LogP contribution >= 0.6 is 45.3 Å². The SMILES string of the molecule is CCCCCCCCc1cc(C#N)c(Cc2cc3sc(Cc4sc(-c5ccccc5)cc4C#N)cc3s2)s1. The minimum absolute atomic E-state index is 0.782. The van der Waals surface area contributed by atoms with E-state index in [1.54, 1.807) is 11.3 Å². The van der Waals surface area contributed by atoms with E-state index in [9.17, 15) is 10.5 Å². The molecule has 0 aliphatic carbocycles. The number of unbranched alkanes of at least 4 members (excludes halogenated alkanes) is 5. The molecule has 0 radical (unpaired) electrons. The lowest BCUT2D eigenvalue weighted by atomic mass is 10.1. The van der Waals surface area contributed by atoms with E-state index in [1.165, 1.54) is 67.4 Å². The van der Waals surface area contributed by atoms with Crippen LogP contribution in [0.3, 0.4) is 0 Å². The van der Waals surface area contributed by atoms with Crippen molar-refractivity contribution in [2.75, 3.05) is 0 Å². The van der Waals surface area contributed by atoms with Crippen LogP contribution in [0.25, 0.3) is 19.8 Å². The molecule has 0 saturated carbocycles. The number of thiophene rings is 4. The van der Waals surface area contributed by atoms with Crippen molar-refractivity contribution < 1.29 is 0 Å². The summed E-state index contributed by atoms with van der Waals surface area (Å²) in [5.41, 5.74) is 2.80. The molecule has 0 unspecified atom stereocenters. The lowest BCUT2D eigenvalue weighted by Gasteiger charge is -1.99. The number of hydrogen-bond donors (Lipinski definition) is 0. The standard InChI is InChI=1S/C32H30N2S4/c1-2-3-4-5-6-10-13-25-14-23(20-33)29(35-25)16-26-18-31-32(36-26)19-27(37-31)17-30-24(21-34)15-28(38-30)22-11-8-7-9-12-22/h7-9,11-12,14-15,18-19H,2-6,10,13,16-17H2,1H3. The third kappa shape index (κ3) is 6.45. The second-order valence-corrected chi connectivity index (χ2v) is 14.3. The predicted octanol–water partition coefficient (Wildman–Crippen LogP) is 10.6. The molecule has 192 valence electrons. The van der Waals surface area contributed by atoms with Gasteiger partial charge in [0.1, 0.15) is 12.1 Å². The molecule has 0 fully saturated rings. The van der Waals surface area contributed by atoms with Crippen molar-refractivity contribution >= 4 is 54.7 Å². The molecular weight excluding hydrogens is 541 g/mol. The Morgan fingerprint density at radius 3 is 1.89 bits per heavy atom. The van der Waals surface area contributed by atoms with Crippen LogP contribution in [0.5, 0.6) is 0 Å². The molecule has 0 atom stereocenters. The number of hydrogen-bond acceptors (Lipinski definition) is 6. The van der Waals surface area contributed by atoms with Crippen LogP contribution in [0, 0.1) is 22.7 Å². The number of nitrogens with zero attached hydrogens (tertiary/aromatic N) is 2. The highest BCUT2D eigenvalue weighted by atomic mass is 32.1. The van der Waals surface area contributed by atoms with Crippen LogP contribution in [-0.2, 0) is 19.3 Å². The van der Waals surface area contributed by atoms with E-state index >= 15 is 0 Å². The largest absolute Gasteiger partial charge is 0.192 e. The molecule has 2 nitrogen and oxygen atoms in total. The second kappa shape index (κ2) is 12.9. The van der Waals surface area contributed by atoms with Gasteiger partial charge in [-0.2, -0.15) is 10.5 Å². The van der Waals surface area contributed by atoms with E-state index in [0.717, 1.165) is 45.7 Å². The van der Waals surface area contributed by atoms with Gasteiger partial charge in [-0.25, -0.2) is 0 Å². The molecule has 0 aliphatic heterocycles. The first-order valence-corrected chi connectivity index (χ1v) is 16.5. The maximum absolute atomic E-state index is 9.71. The van der Waals surface area contributed by atoms with Gasteiger partial charge in [-0.1, -0.05) is 69.4 Å². The average Bonchev–Trinajstić information content (AvgIpc) is 3.70. The van der Waals surface area contributed by atoms with Crippen molar-refractivity contribution in [3.05, 3.63) is 90.1 Å². The normalized spacial score (nSPS) is 11.1. The van der Waals surface area contributed by atoms with Crippen LogP contribution in [0.15, 0.2) is 54.6 Å². The van der Waals surface area contributed by atoms with Gasteiger partial charge in [0.25, 0.3) is 0 Å².